The molecule has 1 aliphatic heterocycles. The zero-order chi connectivity index (χ0) is 19.1. The third-order valence-corrected chi connectivity index (χ3v) is 5.16. The number of hydrogen-bond acceptors (Lipinski definition) is 5. The molecule has 1 unspecified atom stereocenters. The molecule has 1 aliphatic carbocycles. The summed E-state index contributed by atoms with van der Waals surface area (Å²) in [5.74, 6) is 2.26. The third-order valence-electron chi connectivity index (χ3n) is 5.16. The van der Waals surface area contributed by atoms with E-state index < -0.39 is 0 Å². The maximum atomic E-state index is 5.62. The molecular formula is C22H23NO4. The van der Waals surface area contributed by atoms with Crippen molar-refractivity contribution < 1.29 is 18.9 Å². The zero-order valence-corrected chi connectivity index (χ0v) is 16.2. The van der Waals surface area contributed by atoms with Gasteiger partial charge in [0.2, 0.25) is 0 Å². The molecule has 27 heavy (non-hydrogen) atoms. The van der Waals surface area contributed by atoms with Crippen LogP contribution in [-0.4, -0.2) is 41.6 Å². The number of hydrogen-bond donors (Lipinski definition) is 0. The molecule has 2 aromatic carbocycles. The van der Waals surface area contributed by atoms with Gasteiger partial charge in [0, 0.05) is 36.9 Å². The Morgan fingerprint density at radius 3 is 2.26 bits per heavy atom. The van der Waals surface area contributed by atoms with Gasteiger partial charge in [-0.1, -0.05) is 12.1 Å². The van der Waals surface area contributed by atoms with Crippen LogP contribution >= 0.6 is 0 Å². The molecule has 4 rings (SSSR count). The van der Waals surface area contributed by atoms with Crippen molar-refractivity contribution in [2.24, 2.45) is 0 Å². The minimum Gasteiger partial charge on any atom is -0.496 e. The molecule has 0 bridgehead atoms. The summed E-state index contributed by atoms with van der Waals surface area (Å²) in [4.78, 5) is 2.14. The van der Waals surface area contributed by atoms with Crippen LogP contribution in [0.15, 0.2) is 53.9 Å². The van der Waals surface area contributed by atoms with Crippen molar-refractivity contribution in [3.05, 3.63) is 59.5 Å². The van der Waals surface area contributed by atoms with Gasteiger partial charge in [0.25, 0.3) is 0 Å². The molecule has 140 valence electrons. The largest absolute Gasteiger partial charge is 0.496 e. The van der Waals surface area contributed by atoms with E-state index in [2.05, 4.69) is 36.4 Å². The van der Waals surface area contributed by atoms with Crippen LogP contribution in [0.1, 0.15) is 5.56 Å². The molecule has 1 atom stereocenters. The highest BCUT2D eigenvalue weighted by Crippen LogP contribution is 2.47. The second kappa shape index (κ2) is 6.67. The quantitative estimate of drug-likeness (QED) is 0.815. The Morgan fingerprint density at radius 2 is 1.59 bits per heavy atom. The van der Waals surface area contributed by atoms with Gasteiger partial charge in [-0.05, 0) is 35.2 Å². The summed E-state index contributed by atoms with van der Waals surface area (Å²) in [7, 11) is 8.75. The maximum Gasteiger partial charge on any atom is 0.161 e. The van der Waals surface area contributed by atoms with E-state index in [0.717, 1.165) is 44.7 Å². The lowest BCUT2D eigenvalue weighted by Crippen LogP contribution is -2.22. The van der Waals surface area contributed by atoms with E-state index in [4.69, 9.17) is 18.9 Å². The first-order chi connectivity index (χ1) is 13.1. The highest BCUT2D eigenvalue weighted by Gasteiger charge is 2.29. The first kappa shape index (κ1) is 17.5. The van der Waals surface area contributed by atoms with Crippen molar-refractivity contribution in [2.45, 2.75) is 6.10 Å². The number of benzene rings is 2. The van der Waals surface area contributed by atoms with Gasteiger partial charge in [-0.2, -0.15) is 0 Å². The molecule has 0 spiro atoms. The highest BCUT2D eigenvalue weighted by molar-refractivity contribution is 6.06. The van der Waals surface area contributed by atoms with Gasteiger partial charge in [-0.25, -0.2) is 0 Å². The van der Waals surface area contributed by atoms with E-state index in [1.165, 1.54) is 0 Å². The molecule has 0 amide bonds. The normalized spacial score (nSPS) is 18.2. The third kappa shape index (κ3) is 2.66. The fraction of sp³-hybridized carbons (Fsp3) is 0.273. The molecule has 0 saturated carbocycles. The number of nitrogens with zero attached hydrogens (tertiary/aromatic N) is 1. The van der Waals surface area contributed by atoms with Gasteiger partial charge < -0.3 is 23.8 Å². The van der Waals surface area contributed by atoms with E-state index in [1.54, 1.807) is 28.4 Å². The smallest absolute Gasteiger partial charge is 0.161 e. The van der Waals surface area contributed by atoms with Crippen LogP contribution in [-0.2, 0) is 9.47 Å². The molecule has 0 fully saturated rings. The Hall–Kier alpha value is -2.92. The minimum atomic E-state index is -0.121. The number of allylic oxidation sites excluding steroid dienone is 1. The summed E-state index contributed by atoms with van der Waals surface area (Å²) in [6.45, 7) is 0. The van der Waals surface area contributed by atoms with Gasteiger partial charge in [0.15, 0.2) is 11.5 Å². The Bertz CT molecular complexity index is 1000. The van der Waals surface area contributed by atoms with Crippen LogP contribution in [0.5, 0.6) is 11.5 Å². The monoisotopic (exact) mass is 365 g/mol. The first-order valence-electron chi connectivity index (χ1n) is 8.76. The van der Waals surface area contributed by atoms with E-state index in [0.29, 0.717) is 5.75 Å². The fourth-order valence-corrected chi connectivity index (χ4v) is 3.85. The second-order valence-electron chi connectivity index (χ2n) is 6.56. The van der Waals surface area contributed by atoms with Crippen LogP contribution < -0.4 is 14.4 Å². The standard InChI is InChI=1S/C22H23NO4/c1-23-12-18-17(9-14(24-2)10-19(18)25-3)15-7-6-13-8-20(26-4)21(27-5)11-16(13)22(15)23/h6-12,14H,1-5H3. The summed E-state index contributed by atoms with van der Waals surface area (Å²) in [5.41, 5.74) is 4.43. The van der Waals surface area contributed by atoms with Crippen LogP contribution in [0, 0.1) is 0 Å². The Morgan fingerprint density at radius 1 is 0.852 bits per heavy atom. The number of ether oxygens (including phenoxy) is 4. The Balaban J connectivity index is 1.98. The highest BCUT2D eigenvalue weighted by atomic mass is 16.5. The van der Waals surface area contributed by atoms with E-state index in [-0.39, 0.29) is 6.10 Å². The Labute approximate surface area is 159 Å². The van der Waals surface area contributed by atoms with Gasteiger partial charge in [-0.15, -0.1) is 0 Å². The van der Waals surface area contributed by atoms with Gasteiger partial charge in [0.1, 0.15) is 5.76 Å². The number of fused-ring (bicyclic) bond motifs is 5. The summed E-state index contributed by atoms with van der Waals surface area (Å²) in [6, 6.07) is 8.30. The predicted molar refractivity (Wildman–Crippen MR) is 107 cm³/mol. The van der Waals surface area contributed by atoms with Crippen molar-refractivity contribution in [3.63, 3.8) is 0 Å². The van der Waals surface area contributed by atoms with Crippen molar-refractivity contribution >= 4 is 22.0 Å². The lowest BCUT2D eigenvalue weighted by Gasteiger charge is -2.33. The molecule has 1 heterocycles. The van der Waals surface area contributed by atoms with Crippen molar-refractivity contribution in [2.75, 3.05) is 40.4 Å². The second-order valence-corrected chi connectivity index (χ2v) is 6.56. The minimum absolute atomic E-state index is 0.121. The lowest BCUT2D eigenvalue weighted by molar-refractivity contribution is 0.170. The summed E-state index contributed by atoms with van der Waals surface area (Å²) in [6.07, 6.45) is 6.10. The number of anilines is 1. The van der Waals surface area contributed by atoms with Crippen LogP contribution in [0.25, 0.3) is 16.3 Å². The molecule has 0 radical (unpaired) electrons. The van der Waals surface area contributed by atoms with E-state index in [9.17, 15) is 0 Å². The molecular weight excluding hydrogens is 342 g/mol. The zero-order valence-electron chi connectivity index (χ0n) is 16.2. The molecule has 0 saturated heterocycles. The summed E-state index contributed by atoms with van der Waals surface area (Å²) < 4.78 is 22.2. The predicted octanol–water partition coefficient (Wildman–Crippen LogP) is 4.13. The molecule has 2 aliphatic rings. The molecule has 5 nitrogen and oxygen atoms in total. The van der Waals surface area contributed by atoms with E-state index >= 15 is 0 Å². The fourth-order valence-electron chi connectivity index (χ4n) is 3.85. The maximum absolute atomic E-state index is 5.62. The van der Waals surface area contributed by atoms with Crippen molar-refractivity contribution in [1.82, 2.24) is 0 Å². The topological polar surface area (TPSA) is 40.2 Å². The molecule has 5 heteroatoms. The molecule has 0 aromatic heterocycles. The van der Waals surface area contributed by atoms with E-state index in [1.807, 2.05) is 18.2 Å². The SMILES string of the molecule is COC1=CC(OC)C=C2C1=CN(C)c1c2ccc2cc(OC)c(OC)cc12. The van der Waals surface area contributed by atoms with Gasteiger partial charge >= 0.3 is 0 Å². The van der Waals surface area contributed by atoms with Crippen LogP contribution in [0.2, 0.25) is 0 Å². The van der Waals surface area contributed by atoms with Crippen molar-refractivity contribution in [1.29, 1.82) is 0 Å². The van der Waals surface area contributed by atoms with Crippen molar-refractivity contribution in [3.8, 4) is 11.5 Å². The average Bonchev–Trinajstić information content (AvgIpc) is 2.71. The lowest BCUT2D eigenvalue weighted by atomic mass is 9.86. The molecule has 2 aromatic rings. The van der Waals surface area contributed by atoms with Crippen LogP contribution in [0.4, 0.5) is 5.69 Å². The summed E-state index contributed by atoms with van der Waals surface area (Å²) >= 11 is 0. The van der Waals surface area contributed by atoms with Crippen LogP contribution in [0.3, 0.4) is 0 Å². The Kier molecular flexibility index (Phi) is 4.32. The van der Waals surface area contributed by atoms with Gasteiger partial charge in [0.05, 0.1) is 33.1 Å². The molecule has 0 N–H and O–H groups in total. The summed E-state index contributed by atoms with van der Waals surface area (Å²) in [5, 5.41) is 2.20. The van der Waals surface area contributed by atoms with Gasteiger partial charge in [-0.3, -0.25) is 0 Å². The first-order valence-corrected chi connectivity index (χ1v) is 8.76. The number of rotatable bonds is 4. The number of methoxy groups -OCH3 is 4. The average molecular weight is 365 g/mol.